The number of benzene rings is 1. The highest BCUT2D eigenvalue weighted by atomic mass is 19.1. The molecule has 0 aromatic heterocycles. The third-order valence-electron chi connectivity index (χ3n) is 3.78. The molecule has 1 aliphatic rings. The van der Waals surface area contributed by atoms with Gasteiger partial charge in [0, 0.05) is 19.1 Å². The Morgan fingerprint density at radius 3 is 2.53 bits per heavy atom. The Hall–Kier alpha value is -1.09. The Labute approximate surface area is 103 Å². The normalized spacial score (nSPS) is 18.9. The van der Waals surface area contributed by atoms with Gasteiger partial charge in [-0.3, -0.25) is 0 Å². The van der Waals surface area contributed by atoms with Gasteiger partial charge < -0.3 is 10.6 Å². The van der Waals surface area contributed by atoms with Crippen LogP contribution >= 0.6 is 0 Å². The highest BCUT2D eigenvalue weighted by molar-refractivity contribution is 5.56. The summed E-state index contributed by atoms with van der Waals surface area (Å²) in [5.41, 5.74) is 7.48. The summed E-state index contributed by atoms with van der Waals surface area (Å²) in [7, 11) is 1.97. The standard InChI is InChI=1S/C14H21FN2/c1-9(16)12-5-4-6-13(15)14(12)17(3)10(2)11-7-8-11/h4-6,9-11H,7-8,16H2,1-3H3. The highest BCUT2D eigenvalue weighted by Gasteiger charge is 2.32. The van der Waals surface area contributed by atoms with E-state index in [4.69, 9.17) is 5.73 Å². The van der Waals surface area contributed by atoms with Crippen LogP contribution in [0.15, 0.2) is 18.2 Å². The lowest BCUT2D eigenvalue weighted by molar-refractivity contribution is 0.570. The maximum absolute atomic E-state index is 14.0. The van der Waals surface area contributed by atoms with Crippen molar-refractivity contribution in [3.8, 4) is 0 Å². The fourth-order valence-corrected chi connectivity index (χ4v) is 2.37. The van der Waals surface area contributed by atoms with Crippen molar-refractivity contribution in [1.82, 2.24) is 0 Å². The molecule has 3 heteroatoms. The van der Waals surface area contributed by atoms with Crippen molar-refractivity contribution in [3.63, 3.8) is 0 Å². The molecule has 2 rings (SSSR count). The first kappa shape index (κ1) is 12.4. The second-order valence-electron chi connectivity index (χ2n) is 5.16. The van der Waals surface area contributed by atoms with E-state index in [-0.39, 0.29) is 11.9 Å². The fraction of sp³-hybridized carbons (Fsp3) is 0.571. The number of nitrogens with two attached hydrogens (primary N) is 1. The van der Waals surface area contributed by atoms with Crippen LogP contribution in [0, 0.1) is 11.7 Å². The molecule has 1 aliphatic carbocycles. The van der Waals surface area contributed by atoms with Crippen molar-refractivity contribution in [2.75, 3.05) is 11.9 Å². The first-order chi connectivity index (χ1) is 8.02. The summed E-state index contributed by atoms with van der Waals surface area (Å²) in [6.07, 6.45) is 2.51. The zero-order valence-corrected chi connectivity index (χ0v) is 10.8. The number of para-hydroxylation sites is 1. The third-order valence-corrected chi connectivity index (χ3v) is 3.78. The van der Waals surface area contributed by atoms with Gasteiger partial charge in [0.15, 0.2) is 0 Å². The molecule has 1 aromatic carbocycles. The second kappa shape index (κ2) is 4.65. The smallest absolute Gasteiger partial charge is 0.146 e. The van der Waals surface area contributed by atoms with Crippen LogP contribution < -0.4 is 10.6 Å². The molecule has 0 saturated heterocycles. The predicted octanol–water partition coefficient (Wildman–Crippen LogP) is 3.08. The molecule has 0 amide bonds. The monoisotopic (exact) mass is 236 g/mol. The Kier molecular flexibility index (Phi) is 3.38. The molecule has 0 aliphatic heterocycles. The van der Waals surface area contributed by atoms with E-state index in [0.717, 1.165) is 5.56 Å². The number of hydrogen-bond acceptors (Lipinski definition) is 2. The van der Waals surface area contributed by atoms with Gasteiger partial charge in [-0.15, -0.1) is 0 Å². The van der Waals surface area contributed by atoms with Crippen LogP contribution in [-0.2, 0) is 0 Å². The highest BCUT2D eigenvalue weighted by Crippen LogP contribution is 2.38. The minimum atomic E-state index is -0.171. The number of halogens is 1. The first-order valence-electron chi connectivity index (χ1n) is 6.29. The molecule has 1 saturated carbocycles. The molecule has 1 fully saturated rings. The zero-order valence-electron chi connectivity index (χ0n) is 10.8. The van der Waals surface area contributed by atoms with Crippen LogP contribution in [0.2, 0.25) is 0 Å². The van der Waals surface area contributed by atoms with Crippen molar-refractivity contribution in [3.05, 3.63) is 29.6 Å². The average molecular weight is 236 g/mol. The van der Waals surface area contributed by atoms with Crippen LogP contribution in [-0.4, -0.2) is 13.1 Å². The van der Waals surface area contributed by atoms with Gasteiger partial charge in [0.2, 0.25) is 0 Å². The summed E-state index contributed by atoms with van der Waals surface area (Å²) in [5, 5.41) is 0. The van der Waals surface area contributed by atoms with Gasteiger partial charge in [0.1, 0.15) is 5.82 Å². The van der Waals surface area contributed by atoms with Gasteiger partial charge in [-0.1, -0.05) is 12.1 Å². The van der Waals surface area contributed by atoms with Crippen molar-refractivity contribution in [2.24, 2.45) is 11.7 Å². The minimum absolute atomic E-state index is 0.144. The third kappa shape index (κ3) is 2.44. The molecular weight excluding hydrogens is 215 g/mol. The van der Waals surface area contributed by atoms with Gasteiger partial charge >= 0.3 is 0 Å². The van der Waals surface area contributed by atoms with E-state index in [0.29, 0.717) is 17.6 Å². The number of hydrogen-bond donors (Lipinski definition) is 1. The zero-order chi connectivity index (χ0) is 12.6. The Morgan fingerprint density at radius 2 is 2.00 bits per heavy atom. The van der Waals surface area contributed by atoms with Gasteiger partial charge in [0.05, 0.1) is 5.69 Å². The van der Waals surface area contributed by atoms with E-state index in [9.17, 15) is 4.39 Å². The quantitative estimate of drug-likeness (QED) is 0.870. The van der Waals surface area contributed by atoms with Crippen molar-refractivity contribution < 1.29 is 4.39 Å². The predicted molar refractivity (Wildman–Crippen MR) is 69.6 cm³/mol. The summed E-state index contributed by atoms with van der Waals surface area (Å²) in [6.45, 7) is 4.06. The summed E-state index contributed by atoms with van der Waals surface area (Å²) < 4.78 is 14.0. The molecule has 0 heterocycles. The maximum Gasteiger partial charge on any atom is 0.146 e. The summed E-state index contributed by atoms with van der Waals surface area (Å²) >= 11 is 0. The Bertz CT molecular complexity index is 399. The minimum Gasteiger partial charge on any atom is -0.369 e. The number of nitrogens with zero attached hydrogens (tertiary/aromatic N) is 1. The average Bonchev–Trinajstić information content (AvgIpc) is 3.10. The maximum atomic E-state index is 14.0. The number of anilines is 1. The number of rotatable bonds is 4. The molecule has 0 bridgehead atoms. The largest absolute Gasteiger partial charge is 0.369 e. The lowest BCUT2D eigenvalue weighted by Gasteiger charge is -2.30. The van der Waals surface area contributed by atoms with Gasteiger partial charge in [0.25, 0.3) is 0 Å². The fourth-order valence-electron chi connectivity index (χ4n) is 2.37. The van der Waals surface area contributed by atoms with E-state index < -0.39 is 0 Å². The van der Waals surface area contributed by atoms with Gasteiger partial charge in [-0.25, -0.2) is 4.39 Å². The van der Waals surface area contributed by atoms with Crippen molar-refractivity contribution in [1.29, 1.82) is 0 Å². The summed E-state index contributed by atoms with van der Waals surface area (Å²) in [4.78, 5) is 2.05. The lowest BCUT2D eigenvalue weighted by Crippen LogP contribution is -2.32. The molecule has 2 unspecified atom stereocenters. The van der Waals surface area contributed by atoms with Crippen LogP contribution in [0.3, 0.4) is 0 Å². The SMILES string of the molecule is CC(N)c1cccc(F)c1N(C)C(C)C1CC1. The Balaban J connectivity index is 2.34. The van der Waals surface area contributed by atoms with E-state index in [1.807, 2.05) is 24.9 Å². The Morgan fingerprint density at radius 1 is 1.35 bits per heavy atom. The topological polar surface area (TPSA) is 29.3 Å². The van der Waals surface area contributed by atoms with E-state index in [1.54, 1.807) is 6.07 Å². The molecule has 2 atom stereocenters. The molecule has 2 nitrogen and oxygen atoms in total. The van der Waals surface area contributed by atoms with Crippen molar-refractivity contribution >= 4 is 5.69 Å². The molecule has 17 heavy (non-hydrogen) atoms. The van der Waals surface area contributed by atoms with Crippen LogP contribution in [0.4, 0.5) is 10.1 Å². The van der Waals surface area contributed by atoms with Crippen molar-refractivity contribution in [2.45, 2.75) is 38.8 Å². The molecular formula is C14H21FN2. The van der Waals surface area contributed by atoms with Gasteiger partial charge in [-0.2, -0.15) is 0 Å². The second-order valence-corrected chi connectivity index (χ2v) is 5.16. The van der Waals surface area contributed by atoms with Gasteiger partial charge in [-0.05, 0) is 44.2 Å². The van der Waals surface area contributed by atoms with E-state index >= 15 is 0 Å². The van der Waals surface area contributed by atoms with E-state index in [1.165, 1.54) is 18.9 Å². The molecule has 0 radical (unpaired) electrons. The summed E-state index contributed by atoms with van der Waals surface area (Å²) in [5.74, 6) is 0.537. The molecule has 94 valence electrons. The van der Waals surface area contributed by atoms with Crippen LogP contribution in [0.1, 0.15) is 38.3 Å². The van der Waals surface area contributed by atoms with E-state index in [2.05, 4.69) is 6.92 Å². The molecule has 0 spiro atoms. The summed E-state index contributed by atoms with van der Waals surface area (Å²) in [6, 6.07) is 5.39. The first-order valence-corrected chi connectivity index (χ1v) is 6.29. The molecule has 2 N–H and O–H groups in total. The van der Waals surface area contributed by atoms with Crippen LogP contribution in [0.25, 0.3) is 0 Å². The van der Waals surface area contributed by atoms with Crippen LogP contribution in [0.5, 0.6) is 0 Å². The lowest BCUT2D eigenvalue weighted by atomic mass is 10.0. The molecule has 1 aromatic rings.